The van der Waals surface area contributed by atoms with Crippen LogP contribution in [0.5, 0.6) is 5.75 Å². The number of hydrogen-bond donors (Lipinski definition) is 2. The Hall–Kier alpha value is -4.24. The first-order valence-electron chi connectivity index (χ1n) is 16.2. The minimum absolute atomic E-state index is 0.0749. The lowest BCUT2D eigenvalue weighted by Gasteiger charge is -2.32. The highest BCUT2D eigenvalue weighted by molar-refractivity contribution is 7.89. The number of likely N-dealkylation sites (tertiary alicyclic amines) is 1. The quantitative estimate of drug-likeness (QED) is 0.209. The van der Waals surface area contributed by atoms with Gasteiger partial charge in [0.05, 0.1) is 17.0 Å². The van der Waals surface area contributed by atoms with Crippen LogP contribution in [0.3, 0.4) is 0 Å². The van der Waals surface area contributed by atoms with Gasteiger partial charge in [0.25, 0.3) is 0 Å². The summed E-state index contributed by atoms with van der Waals surface area (Å²) in [5.41, 5.74) is 2.52. The summed E-state index contributed by atoms with van der Waals surface area (Å²) >= 11 is 13.3. The number of carboxylic acids is 1. The lowest BCUT2D eigenvalue weighted by atomic mass is 9.96. The fourth-order valence-corrected chi connectivity index (χ4v) is 9.04. The number of piperidine rings is 1. The van der Waals surface area contributed by atoms with Crippen LogP contribution >= 0.6 is 23.2 Å². The van der Waals surface area contributed by atoms with Gasteiger partial charge in [0, 0.05) is 60.2 Å². The molecule has 6 rings (SSSR count). The number of sulfonamides is 1. The number of aryl methyl sites for hydroxylation is 1. The highest BCUT2D eigenvalue weighted by atomic mass is 35.5. The molecule has 0 aliphatic carbocycles. The summed E-state index contributed by atoms with van der Waals surface area (Å²) in [5.74, 6) is -1.46. The van der Waals surface area contributed by atoms with E-state index in [9.17, 15) is 22.8 Å². The van der Waals surface area contributed by atoms with E-state index in [2.05, 4.69) is 10.3 Å². The number of benzene rings is 2. The van der Waals surface area contributed by atoms with E-state index < -0.39 is 40.3 Å². The normalized spacial score (nSPS) is 17.3. The number of amides is 2. The summed E-state index contributed by atoms with van der Waals surface area (Å²) in [5, 5.41) is 12.8. The second-order valence-electron chi connectivity index (χ2n) is 12.4. The van der Waals surface area contributed by atoms with E-state index in [1.165, 1.54) is 21.3 Å². The van der Waals surface area contributed by atoms with E-state index >= 15 is 0 Å². The van der Waals surface area contributed by atoms with E-state index in [0.29, 0.717) is 56.6 Å². The first-order chi connectivity index (χ1) is 23.9. The second kappa shape index (κ2) is 14.9. The zero-order valence-corrected chi connectivity index (χ0v) is 29.5. The Labute approximate surface area is 299 Å². The number of nitrogens with one attached hydrogen (secondary N) is 1. The maximum atomic E-state index is 14.0. The Bertz CT molecular complexity index is 2040. The van der Waals surface area contributed by atoms with Gasteiger partial charge < -0.3 is 24.6 Å². The van der Waals surface area contributed by atoms with Crippen molar-refractivity contribution >= 4 is 61.9 Å². The Morgan fingerprint density at radius 3 is 2.58 bits per heavy atom. The Balaban J connectivity index is 1.15. The topological polar surface area (TPSA) is 164 Å². The maximum absolute atomic E-state index is 14.0. The molecule has 13 nitrogen and oxygen atoms in total. The van der Waals surface area contributed by atoms with Crippen LogP contribution in [0.25, 0.3) is 16.6 Å². The Morgan fingerprint density at radius 2 is 1.86 bits per heavy atom. The molecule has 0 saturated carbocycles. The molecular weight excluding hydrogens is 707 g/mol. The van der Waals surface area contributed by atoms with Crippen molar-refractivity contribution < 1.29 is 32.6 Å². The van der Waals surface area contributed by atoms with Crippen LogP contribution in [0.2, 0.25) is 10.0 Å². The molecule has 1 atom stereocenters. The summed E-state index contributed by atoms with van der Waals surface area (Å²) in [6, 6.07) is 9.36. The number of hydrogen-bond acceptors (Lipinski definition) is 8. The zero-order chi connectivity index (χ0) is 35.6. The largest absolute Gasteiger partial charge is 0.487 e. The van der Waals surface area contributed by atoms with Gasteiger partial charge >= 0.3 is 5.97 Å². The van der Waals surface area contributed by atoms with E-state index in [-0.39, 0.29) is 39.6 Å². The third kappa shape index (κ3) is 7.43. The molecule has 16 heteroatoms. The highest BCUT2D eigenvalue weighted by Crippen LogP contribution is 2.37. The molecule has 2 fully saturated rings. The van der Waals surface area contributed by atoms with Crippen LogP contribution in [0.15, 0.2) is 60.0 Å². The van der Waals surface area contributed by atoms with Gasteiger partial charge in [0.1, 0.15) is 35.2 Å². The van der Waals surface area contributed by atoms with Gasteiger partial charge in [-0.25, -0.2) is 18.4 Å². The van der Waals surface area contributed by atoms with Crippen LogP contribution < -0.4 is 10.1 Å². The Kier molecular flexibility index (Phi) is 10.6. The minimum Gasteiger partial charge on any atom is -0.487 e. The third-order valence-corrected chi connectivity index (χ3v) is 12.0. The van der Waals surface area contributed by atoms with Crippen molar-refractivity contribution in [3.8, 4) is 11.4 Å². The summed E-state index contributed by atoms with van der Waals surface area (Å²) < 4.78 is 37.3. The van der Waals surface area contributed by atoms with Gasteiger partial charge in [-0.15, -0.1) is 0 Å². The van der Waals surface area contributed by atoms with Crippen molar-refractivity contribution in [2.45, 2.75) is 56.6 Å². The molecule has 264 valence electrons. The van der Waals surface area contributed by atoms with Gasteiger partial charge in [-0.3, -0.25) is 14.4 Å². The number of imidazole rings is 1. The molecule has 0 spiro atoms. The highest BCUT2D eigenvalue weighted by Gasteiger charge is 2.41. The second-order valence-corrected chi connectivity index (χ2v) is 15.1. The molecule has 4 aromatic rings. The number of pyridine rings is 1. The molecule has 2 aliphatic rings. The molecule has 2 amide bonds. The van der Waals surface area contributed by atoms with Crippen molar-refractivity contribution in [2.75, 3.05) is 26.2 Å². The molecule has 2 aromatic heterocycles. The van der Waals surface area contributed by atoms with Crippen LogP contribution in [0.4, 0.5) is 0 Å². The molecule has 4 heterocycles. The monoisotopic (exact) mass is 742 g/mol. The number of nitrogens with zero attached hydrogens (tertiary/aromatic N) is 5. The average molecular weight is 744 g/mol. The number of para-hydroxylation sites is 1. The predicted octanol–water partition coefficient (Wildman–Crippen LogP) is 4.60. The van der Waals surface area contributed by atoms with Gasteiger partial charge in [0.15, 0.2) is 0 Å². The average Bonchev–Trinajstić information content (AvgIpc) is 3.81. The van der Waals surface area contributed by atoms with Crippen molar-refractivity contribution in [3.63, 3.8) is 0 Å². The van der Waals surface area contributed by atoms with Crippen LogP contribution in [0, 0.1) is 12.8 Å². The number of carboxylic acid groups (broad SMARTS) is 1. The van der Waals surface area contributed by atoms with E-state index in [1.807, 2.05) is 35.9 Å². The summed E-state index contributed by atoms with van der Waals surface area (Å²) in [7, 11) is -4.21. The summed E-state index contributed by atoms with van der Waals surface area (Å²) in [6.45, 7) is 3.02. The first kappa shape index (κ1) is 35.6. The number of ether oxygens (including phenoxy) is 1. The van der Waals surface area contributed by atoms with Crippen LogP contribution in [-0.4, -0.2) is 87.3 Å². The van der Waals surface area contributed by atoms with Gasteiger partial charge in [0.2, 0.25) is 21.8 Å². The molecular formula is C34H36Cl2N6O7S. The molecule has 2 aliphatic heterocycles. The number of aliphatic carboxylic acids is 1. The van der Waals surface area contributed by atoms with Crippen molar-refractivity contribution in [1.29, 1.82) is 0 Å². The standard InChI is InChI=1S/C34H36Cl2N6O7S/c1-21-16-27(41-15-11-37-20-41)23-4-2-6-28(33(23)39-21)49-19-24-25(35)7-8-29(32(24)36)50(47,48)42-12-3-5-26(42)34(46)38-18-22-9-13-40(14-10-22)30(43)17-31(44)45/h2,4,6-8,11,15-16,20,22,26H,3,5,9-10,12-14,17-19H2,1H3,(H,38,46)(H,44,45)/t26-/m0/s1. The number of halogens is 2. The SMILES string of the molecule is Cc1cc(-n2ccnc2)c2cccc(OCc3c(Cl)ccc(S(=O)(=O)N4CCC[C@H]4C(=O)NCC4CCN(C(=O)CC(=O)O)CC4)c3Cl)c2n1. The third-order valence-electron chi connectivity index (χ3n) is 9.14. The fourth-order valence-electron chi connectivity index (χ4n) is 6.52. The van der Waals surface area contributed by atoms with Gasteiger partial charge in [-0.05, 0) is 62.8 Å². The predicted molar refractivity (Wildman–Crippen MR) is 186 cm³/mol. The van der Waals surface area contributed by atoms with Crippen LogP contribution in [0.1, 0.15) is 43.4 Å². The Morgan fingerprint density at radius 1 is 1.08 bits per heavy atom. The zero-order valence-electron chi connectivity index (χ0n) is 27.2. The number of carbonyl (C=O) groups excluding carboxylic acids is 2. The van der Waals surface area contributed by atoms with Crippen LogP contribution in [-0.2, 0) is 31.0 Å². The molecule has 2 saturated heterocycles. The van der Waals surface area contributed by atoms with E-state index in [1.54, 1.807) is 18.6 Å². The van der Waals surface area contributed by atoms with Gasteiger partial charge in [-0.1, -0.05) is 35.3 Å². The smallest absolute Gasteiger partial charge is 0.312 e. The maximum Gasteiger partial charge on any atom is 0.312 e. The van der Waals surface area contributed by atoms with Crippen molar-refractivity contribution in [3.05, 3.63) is 76.4 Å². The minimum atomic E-state index is -4.21. The molecule has 2 aromatic carbocycles. The van der Waals surface area contributed by atoms with Crippen molar-refractivity contribution in [2.24, 2.45) is 5.92 Å². The lowest BCUT2D eigenvalue weighted by Crippen LogP contribution is -2.48. The van der Waals surface area contributed by atoms with Gasteiger partial charge in [-0.2, -0.15) is 4.31 Å². The summed E-state index contributed by atoms with van der Waals surface area (Å²) in [4.78, 5) is 46.5. The van der Waals surface area contributed by atoms with E-state index in [4.69, 9.17) is 38.0 Å². The molecule has 50 heavy (non-hydrogen) atoms. The molecule has 0 radical (unpaired) electrons. The van der Waals surface area contributed by atoms with E-state index in [0.717, 1.165) is 16.8 Å². The summed E-state index contributed by atoms with van der Waals surface area (Å²) in [6.07, 6.45) is 6.73. The fraction of sp³-hybridized carbons (Fsp3) is 0.382. The number of aromatic nitrogens is 3. The molecule has 0 bridgehead atoms. The van der Waals surface area contributed by atoms with Crippen molar-refractivity contribution in [1.82, 2.24) is 29.1 Å². The molecule has 2 N–H and O–H groups in total. The number of fused-ring (bicyclic) bond motifs is 1. The number of rotatable bonds is 11. The first-order valence-corrected chi connectivity index (χ1v) is 18.4. The molecule has 0 unspecified atom stereocenters. The lowest BCUT2D eigenvalue weighted by molar-refractivity contribution is -0.145. The number of carbonyl (C=O) groups is 3.